The van der Waals surface area contributed by atoms with Crippen LogP contribution in [0.5, 0.6) is 0 Å². The lowest BCUT2D eigenvalue weighted by Crippen LogP contribution is -2.25. The number of rotatable bonds is 3. The van der Waals surface area contributed by atoms with E-state index in [-0.39, 0.29) is 11.5 Å². The van der Waals surface area contributed by atoms with Crippen LogP contribution >= 0.6 is 0 Å². The fraction of sp³-hybridized carbons (Fsp3) is 0.583. The molecule has 1 aromatic heterocycles. The molecule has 3 heteroatoms. The highest BCUT2D eigenvalue weighted by Crippen LogP contribution is 2.36. The molecule has 0 N–H and O–H groups in total. The molecule has 15 heavy (non-hydrogen) atoms. The van der Waals surface area contributed by atoms with Crippen molar-refractivity contribution < 1.29 is 4.43 Å². The van der Waals surface area contributed by atoms with Gasteiger partial charge in [0.2, 0.25) is 9.04 Å². The standard InChI is InChI=1S/C12H20NOSi/c1-12(2,3)11(14-15(4)5)10-6-8-13-9-7-10/h6-9,11H,1-5H3. The van der Waals surface area contributed by atoms with Gasteiger partial charge in [-0.25, -0.2) is 0 Å². The molecule has 2 nitrogen and oxygen atoms in total. The molecule has 0 aromatic carbocycles. The minimum absolute atomic E-state index is 0.128. The van der Waals surface area contributed by atoms with Crippen LogP contribution in [0.25, 0.3) is 0 Å². The summed E-state index contributed by atoms with van der Waals surface area (Å²) in [4.78, 5) is 4.04. The highest BCUT2D eigenvalue weighted by Gasteiger charge is 2.27. The van der Waals surface area contributed by atoms with Crippen LogP contribution in [0.4, 0.5) is 0 Å². The molecule has 1 rings (SSSR count). The van der Waals surface area contributed by atoms with Crippen molar-refractivity contribution in [2.75, 3.05) is 0 Å². The van der Waals surface area contributed by atoms with Crippen molar-refractivity contribution in [2.45, 2.75) is 40.0 Å². The van der Waals surface area contributed by atoms with Crippen molar-refractivity contribution in [2.24, 2.45) is 5.41 Å². The lowest BCUT2D eigenvalue weighted by Gasteiger charge is -2.32. The van der Waals surface area contributed by atoms with Gasteiger partial charge < -0.3 is 4.43 Å². The molecule has 1 radical (unpaired) electrons. The van der Waals surface area contributed by atoms with Crippen molar-refractivity contribution in [3.63, 3.8) is 0 Å². The third kappa shape index (κ3) is 3.76. The number of hydrogen-bond donors (Lipinski definition) is 0. The Hall–Kier alpha value is -0.673. The monoisotopic (exact) mass is 222 g/mol. The van der Waals surface area contributed by atoms with Crippen molar-refractivity contribution in [1.82, 2.24) is 4.98 Å². The molecule has 1 aromatic rings. The van der Waals surface area contributed by atoms with Gasteiger partial charge in [0.15, 0.2) is 0 Å². The van der Waals surface area contributed by atoms with Crippen molar-refractivity contribution in [1.29, 1.82) is 0 Å². The summed E-state index contributed by atoms with van der Waals surface area (Å²) in [5.74, 6) is 0. The molecule has 1 heterocycles. The van der Waals surface area contributed by atoms with Crippen LogP contribution in [0.15, 0.2) is 24.5 Å². The highest BCUT2D eigenvalue weighted by atomic mass is 28.3. The average molecular weight is 222 g/mol. The minimum atomic E-state index is -0.683. The molecule has 0 saturated heterocycles. The maximum Gasteiger partial charge on any atom is 0.205 e. The first-order chi connectivity index (χ1) is 6.91. The topological polar surface area (TPSA) is 22.1 Å². The average Bonchev–Trinajstić information content (AvgIpc) is 2.14. The predicted molar refractivity (Wildman–Crippen MR) is 65.0 cm³/mol. The van der Waals surface area contributed by atoms with Crippen LogP contribution < -0.4 is 0 Å². The van der Waals surface area contributed by atoms with E-state index in [1.54, 1.807) is 0 Å². The van der Waals surface area contributed by atoms with E-state index >= 15 is 0 Å². The molecular weight excluding hydrogens is 202 g/mol. The Morgan fingerprint density at radius 2 is 1.73 bits per heavy atom. The summed E-state index contributed by atoms with van der Waals surface area (Å²) in [6, 6.07) is 4.08. The molecule has 0 amide bonds. The lowest BCUT2D eigenvalue weighted by molar-refractivity contribution is 0.0865. The SMILES string of the molecule is C[Si](C)OC(c1ccncc1)C(C)(C)C. The van der Waals surface area contributed by atoms with E-state index in [0.29, 0.717) is 0 Å². The van der Waals surface area contributed by atoms with Gasteiger partial charge in [0.05, 0.1) is 6.10 Å². The predicted octanol–water partition coefficient (Wildman–Crippen LogP) is 3.44. The fourth-order valence-electron chi connectivity index (χ4n) is 1.52. The van der Waals surface area contributed by atoms with Crippen LogP contribution in [0.1, 0.15) is 32.4 Å². The van der Waals surface area contributed by atoms with Gasteiger partial charge in [-0.1, -0.05) is 20.8 Å². The first-order valence-corrected chi connectivity index (χ1v) is 7.69. The van der Waals surface area contributed by atoms with Gasteiger partial charge >= 0.3 is 0 Å². The lowest BCUT2D eigenvalue weighted by atomic mass is 9.85. The Morgan fingerprint density at radius 1 is 1.20 bits per heavy atom. The Morgan fingerprint density at radius 3 is 2.13 bits per heavy atom. The van der Waals surface area contributed by atoms with Crippen molar-refractivity contribution >= 4 is 9.04 Å². The highest BCUT2D eigenvalue weighted by molar-refractivity contribution is 6.48. The molecular formula is C12H20NOSi. The third-order valence-electron chi connectivity index (χ3n) is 2.15. The maximum absolute atomic E-state index is 6.07. The van der Waals surface area contributed by atoms with E-state index < -0.39 is 9.04 Å². The van der Waals surface area contributed by atoms with E-state index in [1.807, 2.05) is 24.5 Å². The van der Waals surface area contributed by atoms with Gasteiger partial charge in [0.25, 0.3) is 0 Å². The molecule has 0 bridgehead atoms. The summed E-state index contributed by atoms with van der Waals surface area (Å²) in [7, 11) is -0.683. The Kier molecular flexibility index (Phi) is 4.05. The largest absolute Gasteiger partial charge is 0.410 e. The van der Waals surface area contributed by atoms with Crippen LogP contribution in [0, 0.1) is 5.41 Å². The zero-order valence-corrected chi connectivity index (χ0v) is 11.2. The first kappa shape index (κ1) is 12.4. The van der Waals surface area contributed by atoms with E-state index in [1.165, 1.54) is 5.56 Å². The van der Waals surface area contributed by atoms with Crippen molar-refractivity contribution in [3.8, 4) is 0 Å². The van der Waals surface area contributed by atoms with E-state index in [4.69, 9.17) is 4.43 Å². The van der Waals surface area contributed by atoms with E-state index in [9.17, 15) is 0 Å². The van der Waals surface area contributed by atoms with Crippen LogP contribution in [-0.2, 0) is 4.43 Å². The summed E-state index contributed by atoms with van der Waals surface area (Å²) in [6.07, 6.45) is 3.83. The van der Waals surface area contributed by atoms with E-state index in [0.717, 1.165) is 0 Å². The Balaban J connectivity index is 2.92. The normalized spacial score (nSPS) is 14.3. The second kappa shape index (κ2) is 4.90. The summed E-state index contributed by atoms with van der Waals surface area (Å²) < 4.78 is 6.07. The molecule has 0 aliphatic heterocycles. The molecule has 0 fully saturated rings. The molecule has 0 saturated carbocycles. The van der Waals surface area contributed by atoms with Gasteiger partial charge in [-0.15, -0.1) is 0 Å². The van der Waals surface area contributed by atoms with Crippen LogP contribution in [-0.4, -0.2) is 14.0 Å². The van der Waals surface area contributed by atoms with Gasteiger partial charge in [0.1, 0.15) is 0 Å². The van der Waals surface area contributed by atoms with Crippen LogP contribution in [0.2, 0.25) is 13.1 Å². The number of pyridine rings is 1. The van der Waals surface area contributed by atoms with E-state index in [2.05, 4.69) is 38.8 Å². The third-order valence-corrected chi connectivity index (χ3v) is 2.86. The molecule has 1 unspecified atom stereocenters. The van der Waals surface area contributed by atoms with Crippen LogP contribution in [0.3, 0.4) is 0 Å². The summed E-state index contributed by atoms with van der Waals surface area (Å²) in [6.45, 7) is 11.0. The molecule has 83 valence electrons. The molecule has 0 aliphatic rings. The van der Waals surface area contributed by atoms with Gasteiger partial charge in [-0.3, -0.25) is 4.98 Å². The number of aromatic nitrogens is 1. The first-order valence-electron chi connectivity index (χ1n) is 5.28. The Bertz CT molecular complexity index is 292. The number of nitrogens with zero attached hydrogens (tertiary/aromatic N) is 1. The summed E-state index contributed by atoms with van der Waals surface area (Å²) in [5, 5.41) is 0. The fourth-order valence-corrected chi connectivity index (χ4v) is 2.48. The molecule has 0 aliphatic carbocycles. The summed E-state index contributed by atoms with van der Waals surface area (Å²) >= 11 is 0. The zero-order valence-electron chi connectivity index (χ0n) is 10.2. The van der Waals surface area contributed by atoms with Gasteiger partial charge in [-0.2, -0.15) is 0 Å². The maximum atomic E-state index is 6.07. The smallest absolute Gasteiger partial charge is 0.205 e. The minimum Gasteiger partial charge on any atom is -0.410 e. The van der Waals surface area contributed by atoms with Crippen molar-refractivity contribution in [3.05, 3.63) is 30.1 Å². The molecule has 0 spiro atoms. The summed E-state index contributed by atoms with van der Waals surface area (Å²) in [5.41, 5.74) is 1.35. The second-order valence-corrected chi connectivity index (χ2v) is 7.10. The Labute approximate surface area is 94.4 Å². The zero-order chi connectivity index (χ0) is 11.5. The second-order valence-electron chi connectivity index (χ2n) is 5.05. The quantitative estimate of drug-likeness (QED) is 0.731. The number of hydrogen-bond acceptors (Lipinski definition) is 2. The van der Waals surface area contributed by atoms with Gasteiger partial charge in [0, 0.05) is 12.4 Å². The van der Waals surface area contributed by atoms with Gasteiger partial charge in [-0.05, 0) is 36.2 Å². The molecule has 1 atom stereocenters.